The van der Waals surface area contributed by atoms with Gasteiger partial charge in [-0.15, -0.1) is 11.3 Å². The van der Waals surface area contributed by atoms with Crippen molar-refractivity contribution in [1.82, 2.24) is 14.8 Å². The third kappa shape index (κ3) is 3.45. The Hall–Kier alpha value is -1.50. The second-order valence-electron chi connectivity index (χ2n) is 5.64. The second-order valence-corrected chi connectivity index (χ2v) is 6.67. The molecule has 0 aliphatic carbocycles. The summed E-state index contributed by atoms with van der Waals surface area (Å²) in [4.78, 5) is 21.8. The minimum absolute atomic E-state index is 0.357. The van der Waals surface area contributed by atoms with Gasteiger partial charge >= 0.3 is 5.97 Å². The number of aromatic carboxylic acids is 1. The van der Waals surface area contributed by atoms with Gasteiger partial charge in [0.25, 0.3) is 0 Å². The van der Waals surface area contributed by atoms with Gasteiger partial charge in [0.1, 0.15) is 9.71 Å². The van der Waals surface area contributed by atoms with Crippen molar-refractivity contribution in [3.05, 3.63) is 28.8 Å². The number of fused-ring (bicyclic) bond motifs is 1. The van der Waals surface area contributed by atoms with E-state index in [-0.39, 0.29) is 0 Å². The molecule has 0 amide bonds. The normalized spacial score (nSPS) is 17.1. The third-order valence-electron chi connectivity index (χ3n) is 4.25. The molecule has 0 aromatic carbocycles. The van der Waals surface area contributed by atoms with Crippen LogP contribution in [0.3, 0.4) is 0 Å². The highest BCUT2D eigenvalue weighted by Gasteiger charge is 2.15. The topological polar surface area (TPSA) is 56.7 Å². The summed E-state index contributed by atoms with van der Waals surface area (Å²) in [6.07, 6.45) is 0.919. The predicted octanol–water partition coefficient (Wildman–Crippen LogP) is 2.17. The average molecular weight is 319 g/mol. The summed E-state index contributed by atoms with van der Waals surface area (Å²) in [7, 11) is 0. The van der Waals surface area contributed by atoms with Crippen LogP contribution in [0.5, 0.6) is 0 Å². The van der Waals surface area contributed by atoms with E-state index in [1.54, 1.807) is 6.07 Å². The van der Waals surface area contributed by atoms with Crippen molar-refractivity contribution in [2.45, 2.75) is 13.3 Å². The third-order valence-corrected chi connectivity index (χ3v) is 5.28. The molecule has 0 atom stereocenters. The van der Waals surface area contributed by atoms with Gasteiger partial charge in [-0.2, -0.15) is 0 Å². The molecule has 1 aliphatic heterocycles. The van der Waals surface area contributed by atoms with Gasteiger partial charge in [-0.25, -0.2) is 9.78 Å². The number of nitrogens with zero attached hydrogens (tertiary/aromatic N) is 3. The van der Waals surface area contributed by atoms with Gasteiger partial charge in [0.2, 0.25) is 0 Å². The molecule has 1 saturated heterocycles. The Labute approximate surface area is 134 Å². The number of carboxylic acids is 1. The summed E-state index contributed by atoms with van der Waals surface area (Å²) in [5, 5.41) is 9.96. The molecule has 0 spiro atoms. The average Bonchev–Trinajstić information content (AvgIpc) is 2.97. The lowest BCUT2D eigenvalue weighted by Gasteiger charge is -2.33. The summed E-state index contributed by atoms with van der Waals surface area (Å²) >= 11 is 1.25. The molecule has 0 saturated carbocycles. The molecular weight excluding hydrogens is 298 g/mol. The van der Waals surface area contributed by atoms with Crippen LogP contribution in [0, 0.1) is 0 Å². The van der Waals surface area contributed by atoms with Gasteiger partial charge in [0.15, 0.2) is 0 Å². The smallest absolute Gasteiger partial charge is 0.345 e. The number of carboxylic acid groups (broad SMARTS) is 1. The highest BCUT2D eigenvalue weighted by Crippen LogP contribution is 2.24. The molecule has 0 unspecified atom stereocenters. The van der Waals surface area contributed by atoms with Gasteiger partial charge in [-0.1, -0.05) is 13.0 Å². The first-order chi connectivity index (χ1) is 10.7. The molecular formula is C16H21N3O2S. The number of hydrogen-bond donors (Lipinski definition) is 1. The van der Waals surface area contributed by atoms with E-state index in [2.05, 4.69) is 21.7 Å². The number of rotatable bonds is 5. The van der Waals surface area contributed by atoms with E-state index in [0.717, 1.165) is 61.6 Å². The monoisotopic (exact) mass is 319 g/mol. The zero-order valence-corrected chi connectivity index (χ0v) is 13.6. The summed E-state index contributed by atoms with van der Waals surface area (Å²) in [6, 6.07) is 5.70. The zero-order valence-electron chi connectivity index (χ0n) is 12.8. The Bertz CT molecular complexity index is 662. The minimum atomic E-state index is -0.877. The number of aromatic nitrogens is 1. The van der Waals surface area contributed by atoms with Crippen LogP contribution in [0.1, 0.15) is 22.3 Å². The van der Waals surface area contributed by atoms with Crippen LogP contribution in [0.15, 0.2) is 18.2 Å². The Balaban J connectivity index is 1.61. The molecule has 3 heterocycles. The molecule has 5 nitrogen and oxygen atoms in total. The largest absolute Gasteiger partial charge is 0.477 e. The zero-order chi connectivity index (χ0) is 15.5. The fraction of sp³-hybridized carbons (Fsp3) is 0.500. The lowest BCUT2D eigenvalue weighted by molar-refractivity contribution is 0.0702. The maximum absolute atomic E-state index is 11.0. The number of thiophene rings is 1. The van der Waals surface area contributed by atoms with E-state index < -0.39 is 5.97 Å². The van der Waals surface area contributed by atoms with E-state index in [1.165, 1.54) is 11.3 Å². The molecule has 1 N–H and O–H groups in total. The number of hydrogen-bond acceptors (Lipinski definition) is 5. The number of piperazine rings is 1. The summed E-state index contributed by atoms with van der Waals surface area (Å²) < 4.78 is 0. The van der Waals surface area contributed by atoms with Crippen LogP contribution < -0.4 is 0 Å². The van der Waals surface area contributed by atoms with Crippen molar-refractivity contribution in [2.24, 2.45) is 0 Å². The van der Waals surface area contributed by atoms with E-state index in [1.807, 2.05) is 12.1 Å². The van der Waals surface area contributed by atoms with Crippen molar-refractivity contribution in [2.75, 3.05) is 39.3 Å². The maximum atomic E-state index is 11.0. The minimum Gasteiger partial charge on any atom is -0.477 e. The first-order valence-electron chi connectivity index (χ1n) is 7.73. The molecule has 0 bridgehead atoms. The van der Waals surface area contributed by atoms with Crippen LogP contribution in [-0.2, 0) is 6.42 Å². The van der Waals surface area contributed by atoms with E-state index in [9.17, 15) is 4.79 Å². The number of pyridine rings is 1. The number of carbonyl (C=O) groups is 1. The highest BCUT2D eigenvalue weighted by atomic mass is 32.1. The van der Waals surface area contributed by atoms with Crippen LogP contribution in [0.2, 0.25) is 0 Å². The van der Waals surface area contributed by atoms with Crippen molar-refractivity contribution in [3.8, 4) is 0 Å². The maximum Gasteiger partial charge on any atom is 0.345 e. The van der Waals surface area contributed by atoms with E-state index in [0.29, 0.717) is 4.88 Å². The first kappa shape index (κ1) is 15.4. The lowest BCUT2D eigenvalue weighted by Crippen LogP contribution is -2.46. The predicted molar refractivity (Wildman–Crippen MR) is 88.8 cm³/mol. The Morgan fingerprint density at radius 1 is 1.27 bits per heavy atom. The van der Waals surface area contributed by atoms with Crippen LogP contribution in [0.4, 0.5) is 0 Å². The first-order valence-corrected chi connectivity index (χ1v) is 8.55. The second kappa shape index (κ2) is 6.73. The van der Waals surface area contributed by atoms with Crippen molar-refractivity contribution in [1.29, 1.82) is 0 Å². The van der Waals surface area contributed by atoms with Crippen molar-refractivity contribution < 1.29 is 9.90 Å². The van der Waals surface area contributed by atoms with Gasteiger partial charge in [-0.3, -0.25) is 0 Å². The molecule has 3 rings (SSSR count). The summed E-state index contributed by atoms with van der Waals surface area (Å²) in [5.41, 5.74) is 1.05. The summed E-state index contributed by atoms with van der Waals surface area (Å²) in [6.45, 7) is 8.91. The SMILES string of the molecule is CCN1CCN(CCc2ccc3cc(C(=O)O)sc3n2)CC1. The van der Waals surface area contributed by atoms with Gasteiger partial charge < -0.3 is 14.9 Å². The molecule has 118 valence electrons. The fourth-order valence-electron chi connectivity index (χ4n) is 2.80. The molecule has 2 aromatic rings. The van der Waals surface area contributed by atoms with E-state index >= 15 is 0 Å². The standard InChI is InChI=1S/C16H21N3O2S/c1-2-18-7-9-19(10-8-18)6-5-13-4-3-12-11-14(16(20)21)22-15(12)17-13/h3-4,11H,2,5-10H2,1H3,(H,20,21). The summed E-state index contributed by atoms with van der Waals surface area (Å²) in [5.74, 6) is -0.877. The molecule has 6 heteroatoms. The molecule has 2 aromatic heterocycles. The van der Waals surface area contributed by atoms with Crippen molar-refractivity contribution in [3.63, 3.8) is 0 Å². The van der Waals surface area contributed by atoms with Gasteiger partial charge in [0.05, 0.1) is 0 Å². The highest BCUT2D eigenvalue weighted by molar-refractivity contribution is 7.20. The molecule has 0 radical (unpaired) electrons. The molecule has 22 heavy (non-hydrogen) atoms. The fourth-order valence-corrected chi connectivity index (χ4v) is 3.69. The molecule has 1 aliphatic rings. The van der Waals surface area contributed by atoms with Crippen LogP contribution in [-0.4, -0.2) is 65.1 Å². The van der Waals surface area contributed by atoms with Crippen LogP contribution in [0.25, 0.3) is 10.2 Å². The lowest BCUT2D eigenvalue weighted by atomic mass is 10.2. The van der Waals surface area contributed by atoms with Gasteiger partial charge in [-0.05, 0) is 18.7 Å². The quantitative estimate of drug-likeness (QED) is 0.915. The van der Waals surface area contributed by atoms with Crippen LogP contribution >= 0.6 is 11.3 Å². The van der Waals surface area contributed by atoms with Crippen molar-refractivity contribution >= 4 is 27.5 Å². The van der Waals surface area contributed by atoms with Gasteiger partial charge in [0, 0.05) is 50.2 Å². The molecule has 1 fully saturated rings. The Kier molecular flexibility index (Phi) is 4.71. The Morgan fingerprint density at radius 2 is 2.00 bits per heavy atom. The van der Waals surface area contributed by atoms with E-state index in [4.69, 9.17) is 5.11 Å². The Morgan fingerprint density at radius 3 is 2.68 bits per heavy atom. The number of likely N-dealkylation sites (N-methyl/N-ethyl adjacent to an activating group) is 1.